The molecule has 0 unspecified atom stereocenters. The lowest BCUT2D eigenvalue weighted by Crippen LogP contribution is -2.30. The molecule has 0 saturated heterocycles. The molecule has 7 heteroatoms. The molecule has 2 aromatic heterocycles. The summed E-state index contributed by atoms with van der Waals surface area (Å²) in [6.45, 7) is 0. The monoisotopic (exact) mass is 354 g/mol. The molecule has 1 aliphatic rings. The van der Waals surface area contributed by atoms with Crippen LogP contribution in [0.3, 0.4) is 0 Å². The normalized spacial score (nSPS) is 20.2. The van der Waals surface area contributed by atoms with E-state index in [1.54, 1.807) is 18.5 Å². The van der Waals surface area contributed by atoms with Crippen molar-refractivity contribution in [3.63, 3.8) is 0 Å². The van der Waals surface area contributed by atoms with Gasteiger partial charge in [0.15, 0.2) is 5.82 Å². The molecule has 2 atom stereocenters. The standard InChI is InChI=1S/C19H19FN4O2/c20-15-5-2-6-16(26)17(15)18-13-7-8-21-10-14(13)19(24-23-18)22-11-3-1-4-12(25)9-11/h2,5-8,10-12,25-26H,1,3-4,9H2,(H,22,24)/t11-,12-/m0/s1. The second-order valence-corrected chi connectivity index (χ2v) is 6.61. The maximum Gasteiger partial charge on any atom is 0.158 e. The molecular formula is C19H19FN4O2. The topological polar surface area (TPSA) is 91.2 Å². The van der Waals surface area contributed by atoms with Gasteiger partial charge in [-0.2, -0.15) is 0 Å². The van der Waals surface area contributed by atoms with E-state index in [2.05, 4.69) is 20.5 Å². The summed E-state index contributed by atoms with van der Waals surface area (Å²) in [5.74, 6) is -0.200. The highest BCUT2D eigenvalue weighted by Gasteiger charge is 2.22. The van der Waals surface area contributed by atoms with Crippen LogP contribution in [-0.4, -0.2) is 37.5 Å². The van der Waals surface area contributed by atoms with Crippen LogP contribution < -0.4 is 5.32 Å². The predicted molar refractivity (Wildman–Crippen MR) is 96.3 cm³/mol. The molecule has 0 aliphatic heterocycles. The molecule has 26 heavy (non-hydrogen) atoms. The fraction of sp³-hybridized carbons (Fsp3) is 0.316. The van der Waals surface area contributed by atoms with Crippen LogP contribution in [0.1, 0.15) is 25.7 Å². The number of rotatable bonds is 3. The van der Waals surface area contributed by atoms with E-state index in [0.29, 0.717) is 23.0 Å². The highest BCUT2D eigenvalue weighted by atomic mass is 19.1. The molecule has 0 amide bonds. The van der Waals surface area contributed by atoms with Crippen LogP contribution in [0.4, 0.5) is 10.2 Å². The third kappa shape index (κ3) is 3.06. The fourth-order valence-corrected chi connectivity index (χ4v) is 3.52. The molecule has 1 aromatic carbocycles. The Bertz CT molecular complexity index is 930. The third-order valence-corrected chi connectivity index (χ3v) is 4.80. The number of anilines is 1. The maximum absolute atomic E-state index is 14.3. The number of benzene rings is 1. The SMILES string of the molecule is Oc1cccc(F)c1-c1nnc(N[C@H]2CCC[C@H](O)C2)c2cnccc12. The summed E-state index contributed by atoms with van der Waals surface area (Å²) >= 11 is 0. The molecule has 3 aromatic rings. The van der Waals surface area contributed by atoms with Gasteiger partial charge in [-0.15, -0.1) is 10.2 Å². The molecule has 0 radical (unpaired) electrons. The minimum absolute atomic E-state index is 0.0239. The second kappa shape index (κ2) is 6.84. The zero-order valence-corrected chi connectivity index (χ0v) is 14.1. The lowest BCUT2D eigenvalue weighted by Gasteiger charge is -2.27. The van der Waals surface area contributed by atoms with E-state index in [1.165, 1.54) is 18.2 Å². The number of halogens is 1. The summed E-state index contributed by atoms with van der Waals surface area (Å²) in [4.78, 5) is 4.15. The van der Waals surface area contributed by atoms with Crippen molar-refractivity contribution in [3.05, 3.63) is 42.5 Å². The Kier molecular flexibility index (Phi) is 4.38. The highest BCUT2D eigenvalue weighted by molar-refractivity contribution is 6.00. The molecule has 4 rings (SSSR count). The first-order valence-corrected chi connectivity index (χ1v) is 8.66. The van der Waals surface area contributed by atoms with Crippen molar-refractivity contribution in [1.82, 2.24) is 15.2 Å². The molecule has 0 bridgehead atoms. The minimum atomic E-state index is -0.562. The van der Waals surface area contributed by atoms with Gasteiger partial charge in [-0.1, -0.05) is 6.07 Å². The molecule has 6 nitrogen and oxygen atoms in total. The number of pyridine rings is 1. The van der Waals surface area contributed by atoms with Gasteiger partial charge in [0.05, 0.1) is 11.7 Å². The number of nitrogens with one attached hydrogen (secondary N) is 1. The van der Waals surface area contributed by atoms with Crippen molar-refractivity contribution >= 4 is 16.6 Å². The van der Waals surface area contributed by atoms with Crippen LogP contribution in [-0.2, 0) is 0 Å². The fourth-order valence-electron chi connectivity index (χ4n) is 3.52. The zero-order chi connectivity index (χ0) is 18.1. The van der Waals surface area contributed by atoms with Gasteiger partial charge >= 0.3 is 0 Å². The van der Waals surface area contributed by atoms with Gasteiger partial charge in [0.25, 0.3) is 0 Å². The number of fused-ring (bicyclic) bond motifs is 1. The average Bonchev–Trinajstić information content (AvgIpc) is 2.63. The Labute approximate surface area is 149 Å². The van der Waals surface area contributed by atoms with Crippen molar-refractivity contribution in [2.24, 2.45) is 0 Å². The summed E-state index contributed by atoms with van der Waals surface area (Å²) < 4.78 is 14.3. The first-order valence-electron chi connectivity index (χ1n) is 8.66. The highest BCUT2D eigenvalue weighted by Crippen LogP contribution is 2.36. The third-order valence-electron chi connectivity index (χ3n) is 4.80. The van der Waals surface area contributed by atoms with E-state index in [-0.39, 0.29) is 29.2 Å². The van der Waals surface area contributed by atoms with E-state index in [1.807, 2.05) is 0 Å². The van der Waals surface area contributed by atoms with Gasteiger partial charge in [-0.05, 0) is 43.9 Å². The van der Waals surface area contributed by atoms with Gasteiger partial charge in [-0.25, -0.2) is 4.39 Å². The number of phenols is 1. The maximum atomic E-state index is 14.3. The van der Waals surface area contributed by atoms with E-state index >= 15 is 0 Å². The van der Waals surface area contributed by atoms with Crippen molar-refractivity contribution in [1.29, 1.82) is 0 Å². The molecule has 134 valence electrons. The van der Waals surface area contributed by atoms with Crippen molar-refractivity contribution < 1.29 is 14.6 Å². The van der Waals surface area contributed by atoms with E-state index in [4.69, 9.17) is 0 Å². The van der Waals surface area contributed by atoms with Crippen LogP contribution in [0.25, 0.3) is 22.0 Å². The van der Waals surface area contributed by atoms with Crippen molar-refractivity contribution in [2.75, 3.05) is 5.32 Å². The van der Waals surface area contributed by atoms with Crippen LogP contribution in [0.2, 0.25) is 0 Å². The molecular weight excluding hydrogens is 335 g/mol. The summed E-state index contributed by atoms with van der Waals surface area (Å²) in [6, 6.07) is 5.97. The van der Waals surface area contributed by atoms with Gasteiger partial charge in [0.2, 0.25) is 0 Å². The molecule has 2 heterocycles. The first-order chi connectivity index (χ1) is 12.6. The van der Waals surface area contributed by atoms with E-state index in [0.717, 1.165) is 19.3 Å². The quantitative estimate of drug-likeness (QED) is 0.669. The van der Waals surface area contributed by atoms with Gasteiger partial charge in [0.1, 0.15) is 17.3 Å². The van der Waals surface area contributed by atoms with Gasteiger partial charge in [-0.3, -0.25) is 4.98 Å². The van der Waals surface area contributed by atoms with Gasteiger partial charge in [0, 0.05) is 29.2 Å². The van der Waals surface area contributed by atoms with Crippen LogP contribution in [0, 0.1) is 5.82 Å². The number of aromatic hydroxyl groups is 1. The second-order valence-electron chi connectivity index (χ2n) is 6.61. The molecule has 3 N–H and O–H groups in total. The Hall–Kier alpha value is -2.80. The van der Waals surface area contributed by atoms with Crippen molar-refractivity contribution in [3.8, 4) is 17.0 Å². The Morgan fingerprint density at radius 2 is 2.00 bits per heavy atom. The first kappa shape index (κ1) is 16.7. The van der Waals surface area contributed by atoms with E-state index in [9.17, 15) is 14.6 Å². The number of hydrogen-bond donors (Lipinski definition) is 3. The smallest absolute Gasteiger partial charge is 0.158 e. The molecule has 1 saturated carbocycles. The number of phenolic OH excluding ortho intramolecular Hbond substituents is 1. The Morgan fingerprint density at radius 3 is 2.81 bits per heavy atom. The Balaban J connectivity index is 1.79. The summed E-state index contributed by atoms with van der Waals surface area (Å²) in [6.07, 6.45) is 6.29. The number of aliphatic hydroxyl groups is 1. The largest absolute Gasteiger partial charge is 0.507 e. The Morgan fingerprint density at radius 1 is 1.12 bits per heavy atom. The molecule has 0 spiro atoms. The van der Waals surface area contributed by atoms with Crippen LogP contribution in [0.15, 0.2) is 36.7 Å². The summed E-state index contributed by atoms with van der Waals surface area (Å²) in [5, 5.41) is 33.0. The van der Waals surface area contributed by atoms with Crippen LogP contribution >= 0.6 is 0 Å². The van der Waals surface area contributed by atoms with Crippen molar-refractivity contribution in [2.45, 2.75) is 37.8 Å². The molecule has 1 fully saturated rings. The number of aliphatic hydroxyl groups excluding tert-OH is 1. The summed E-state index contributed by atoms with van der Waals surface area (Å²) in [5.41, 5.74) is 0.295. The predicted octanol–water partition coefficient (Wildman–Crippen LogP) is 3.25. The van der Waals surface area contributed by atoms with E-state index < -0.39 is 5.82 Å². The number of hydrogen-bond acceptors (Lipinski definition) is 6. The molecule has 1 aliphatic carbocycles. The lowest BCUT2D eigenvalue weighted by atomic mass is 9.93. The number of aromatic nitrogens is 3. The number of nitrogens with zero attached hydrogens (tertiary/aromatic N) is 3. The minimum Gasteiger partial charge on any atom is -0.507 e. The van der Waals surface area contributed by atoms with Crippen LogP contribution in [0.5, 0.6) is 5.75 Å². The lowest BCUT2D eigenvalue weighted by molar-refractivity contribution is 0.124. The average molecular weight is 354 g/mol. The zero-order valence-electron chi connectivity index (χ0n) is 14.1. The summed E-state index contributed by atoms with van der Waals surface area (Å²) in [7, 11) is 0. The van der Waals surface area contributed by atoms with Gasteiger partial charge < -0.3 is 15.5 Å².